The number of morpholine rings is 1. The zero-order chi connectivity index (χ0) is 25.1. The summed E-state index contributed by atoms with van der Waals surface area (Å²) in [7, 11) is 1.59. The Hall–Kier alpha value is -3.18. The van der Waals surface area contributed by atoms with Gasteiger partial charge in [0.15, 0.2) is 5.82 Å². The molecule has 1 saturated heterocycles. The second-order valence-corrected chi connectivity index (χ2v) is 9.27. The lowest BCUT2D eigenvalue weighted by atomic mass is 9.77. The van der Waals surface area contributed by atoms with E-state index < -0.39 is 6.43 Å². The van der Waals surface area contributed by atoms with E-state index in [1.807, 2.05) is 4.90 Å². The van der Waals surface area contributed by atoms with Crippen molar-refractivity contribution < 1.29 is 23.0 Å². The van der Waals surface area contributed by atoms with Gasteiger partial charge in [-0.1, -0.05) is 12.1 Å². The summed E-state index contributed by atoms with van der Waals surface area (Å²) >= 11 is 0. The number of carbonyl (C=O) groups is 1. The van der Waals surface area contributed by atoms with Crippen LogP contribution in [0.1, 0.15) is 37.9 Å². The van der Waals surface area contributed by atoms with Gasteiger partial charge in [-0.2, -0.15) is 9.97 Å². The number of alkyl halides is 2. The smallest absolute Gasteiger partial charge is 0.296 e. The number of fused-ring (bicyclic) bond motifs is 1. The summed E-state index contributed by atoms with van der Waals surface area (Å²) in [4.78, 5) is 27.6. The van der Waals surface area contributed by atoms with Gasteiger partial charge in [-0.25, -0.2) is 13.8 Å². The standard InChI is InChI=1S/C25H30F2N6O3/c1-35-9-6-18(34)14-16-12-17(13-16)28-21-15-22(31-25(30-21)32-7-10-36-11-8-32)33-20-5-3-2-4-19(20)29-24(33)23(26)27/h2-5,15-17,23H,6-14H2,1H3,(H,28,30,31). The zero-order valence-electron chi connectivity index (χ0n) is 20.2. The van der Waals surface area contributed by atoms with E-state index in [4.69, 9.17) is 14.5 Å². The van der Waals surface area contributed by atoms with Crippen molar-refractivity contribution in [2.75, 3.05) is 50.2 Å². The van der Waals surface area contributed by atoms with Crippen LogP contribution in [-0.2, 0) is 14.3 Å². The first kappa shape index (κ1) is 24.5. The molecule has 5 rings (SSSR count). The highest BCUT2D eigenvalue weighted by atomic mass is 19.3. The molecule has 1 saturated carbocycles. The summed E-state index contributed by atoms with van der Waals surface area (Å²) in [5.41, 5.74) is 1.04. The highest BCUT2D eigenvalue weighted by Gasteiger charge is 2.31. The van der Waals surface area contributed by atoms with E-state index in [2.05, 4.69) is 15.3 Å². The highest BCUT2D eigenvalue weighted by molar-refractivity contribution is 5.79. The molecular weight excluding hydrogens is 470 g/mol. The maximum atomic E-state index is 14.0. The molecule has 0 atom stereocenters. The van der Waals surface area contributed by atoms with Gasteiger partial charge in [0, 0.05) is 45.1 Å². The van der Waals surface area contributed by atoms with E-state index >= 15 is 0 Å². The SMILES string of the molecule is COCCC(=O)CC1CC(Nc2cc(-n3c(C(F)F)nc4ccccc43)nc(N3CCOCC3)n2)C1. The molecule has 2 aromatic heterocycles. The first-order valence-electron chi connectivity index (χ1n) is 12.3. The maximum Gasteiger partial charge on any atom is 0.296 e. The molecular formula is C25H30F2N6O3. The van der Waals surface area contributed by atoms with Crippen molar-refractivity contribution in [1.29, 1.82) is 0 Å². The summed E-state index contributed by atoms with van der Waals surface area (Å²) in [6, 6.07) is 8.88. The average Bonchev–Trinajstić information content (AvgIpc) is 3.27. The van der Waals surface area contributed by atoms with E-state index in [1.165, 1.54) is 4.57 Å². The Morgan fingerprint density at radius 1 is 1.19 bits per heavy atom. The number of halogens is 2. The molecule has 0 unspecified atom stereocenters. The number of rotatable bonds is 10. The van der Waals surface area contributed by atoms with Crippen LogP contribution in [0.15, 0.2) is 30.3 Å². The van der Waals surface area contributed by atoms with Gasteiger partial charge in [-0.05, 0) is 30.9 Å². The Morgan fingerprint density at radius 3 is 2.72 bits per heavy atom. The number of hydrogen-bond acceptors (Lipinski definition) is 8. The van der Waals surface area contributed by atoms with Crippen molar-refractivity contribution in [3.05, 3.63) is 36.2 Å². The largest absolute Gasteiger partial charge is 0.384 e. The molecule has 0 radical (unpaired) electrons. The lowest BCUT2D eigenvalue weighted by Gasteiger charge is -2.36. The quantitative estimate of drug-likeness (QED) is 0.450. The van der Waals surface area contributed by atoms with E-state index in [9.17, 15) is 13.6 Å². The van der Waals surface area contributed by atoms with Gasteiger partial charge in [0.25, 0.3) is 6.43 Å². The number of hydrogen-bond donors (Lipinski definition) is 1. The minimum Gasteiger partial charge on any atom is -0.384 e. The number of ether oxygens (including phenoxy) is 2. The lowest BCUT2D eigenvalue weighted by molar-refractivity contribution is -0.121. The predicted molar refractivity (Wildman–Crippen MR) is 131 cm³/mol. The number of aromatic nitrogens is 4. The molecule has 1 aliphatic carbocycles. The molecule has 192 valence electrons. The Labute approximate surface area is 207 Å². The summed E-state index contributed by atoms with van der Waals surface area (Å²) in [5, 5.41) is 3.44. The van der Waals surface area contributed by atoms with Crippen molar-refractivity contribution in [3.63, 3.8) is 0 Å². The summed E-state index contributed by atoms with van der Waals surface area (Å²) in [5.74, 6) is 1.55. The van der Waals surface area contributed by atoms with Crippen LogP contribution in [0.2, 0.25) is 0 Å². The average molecular weight is 501 g/mol. The maximum absolute atomic E-state index is 14.0. The summed E-state index contributed by atoms with van der Waals surface area (Å²) in [6.45, 7) is 2.78. The first-order valence-corrected chi connectivity index (χ1v) is 12.3. The predicted octanol–water partition coefficient (Wildman–Crippen LogP) is 3.78. The minimum atomic E-state index is -2.77. The van der Waals surface area contributed by atoms with E-state index in [1.54, 1.807) is 37.4 Å². The van der Waals surface area contributed by atoms with Crippen LogP contribution in [-0.4, -0.2) is 71.4 Å². The van der Waals surface area contributed by atoms with Crippen molar-refractivity contribution in [3.8, 4) is 5.82 Å². The van der Waals surface area contributed by atoms with Crippen LogP contribution in [0.25, 0.3) is 16.9 Å². The third-order valence-electron chi connectivity index (χ3n) is 6.69. The number of para-hydroxylation sites is 2. The molecule has 2 aliphatic rings. The summed E-state index contributed by atoms with van der Waals surface area (Å²) in [6.07, 6.45) is -0.0792. The van der Waals surface area contributed by atoms with Crippen LogP contribution in [0.4, 0.5) is 20.5 Å². The summed E-state index contributed by atoms with van der Waals surface area (Å²) < 4.78 is 39.9. The normalized spacial score (nSPS) is 20.1. The van der Waals surface area contributed by atoms with Gasteiger partial charge in [0.1, 0.15) is 17.4 Å². The van der Waals surface area contributed by atoms with Gasteiger partial charge in [-0.15, -0.1) is 0 Å². The molecule has 2 fully saturated rings. The van der Waals surface area contributed by atoms with E-state index in [0.29, 0.717) is 80.3 Å². The molecule has 3 aromatic rings. The molecule has 1 N–H and O–H groups in total. The number of ketones is 1. The number of benzene rings is 1. The van der Waals surface area contributed by atoms with Crippen molar-refractivity contribution in [1.82, 2.24) is 19.5 Å². The second kappa shape index (κ2) is 10.8. The third-order valence-corrected chi connectivity index (χ3v) is 6.69. The Kier molecular flexibility index (Phi) is 7.38. The molecule has 36 heavy (non-hydrogen) atoms. The van der Waals surface area contributed by atoms with Crippen molar-refractivity contribution in [2.45, 2.75) is 38.2 Å². The monoisotopic (exact) mass is 500 g/mol. The number of Topliss-reactive ketones (excluding diaryl/α,β-unsaturated/α-hetero) is 1. The van der Waals surface area contributed by atoms with Crippen LogP contribution < -0.4 is 10.2 Å². The van der Waals surface area contributed by atoms with Crippen LogP contribution >= 0.6 is 0 Å². The van der Waals surface area contributed by atoms with Gasteiger partial charge >= 0.3 is 0 Å². The highest BCUT2D eigenvalue weighted by Crippen LogP contribution is 2.34. The topological polar surface area (TPSA) is 94.4 Å². The zero-order valence-corrected chi connectivity index (χ0v) is 20.2. The van der Waals surface area contributed by atoms with Gasteiger partial charge in [-0.3, -0.25) is 9.36 Å². The fourth-order valence-corrected chi connectivity index (χ4v) is 4.82. The molecule has 1 aromatic carbocycles. The van der Waals surface area contributed by atoms with Crippen LogP contribution in [0.3, 0.4) is 0 Å². The van der Waals surface area contributed by atoms with E-state index in [-0.39, 0.29) is 17.6 Å². The Morgan fingerprint density at radius 2 is 1.97 bits per heavy atom. The Bertz CT molecular complexity index is 1210. The van der Waals surface area contributed by atoms with E-state index in [0.717, 1.165) is 12.8 Å². The fourth-order valence-electron chi connectivity index (χ4n) is 4.82. The molecule has 1 aliphatic heterocycles. The molecule has 3 heterocycles. The fraction of sp³-hybridized carbons (Fsp3) is 0.520. The third kappa shape index (κ3) is 5.31. The number of imidazole rings is 1. The van der Waals surface area contributed by atoms with Gasteiger partial charge in [0.05, 0.1) is 30.9 Å². The molecule has 0 amide bonds. The van der Waals surface area contributed by atoms with Crippen LogP contribution in [0, 0.1) is 5.92 Å². The first-order chi connectivity index (χ1) is 17.5. The van der Waals surface area contributed by atoms with Crippen LogP contribution in [0.5, 0.6) is 0 Å². The number of nitrogens with zero attached hydrogens (tertiary/aromatic N) is 5. The lowest BCUT2D eigenvalue weighted by Crippen LogP contribution is -2.39. The van der Waals surface area contributed by atoms with Gasteiger partial charge in [0.2, 0.25) is 5.95 Å². The molecule has 11 heteroatoms. The number of anilines is 2. The van der Waals surface area contributed by atoms with Gasteiger partial charge < -0.3 is 19.7 Å². The number of nitrogens with one attached hydrogen (secondary N) is 1. The van der Waals surface area contributed by atoms with Crippen molar-refractivity contribution in [2.24, 2.45) is 5.92 Å². The molecule has 9 nitrogen and oxygen atoms in total. The molecule has 0 bridgehead atoms. The minimum absolute atomic E-state index is 0.152. The Balaban J connectivity index is 1.41. The number of methoxy groups -OCH3 is 1. The number of carbonyl (C=O) groups excluding carboxylic acids is 1. The molecule has 0 spiro atoms. The second-order valence-electron chi connectivity index (χ2n) is 9.27. The van der Waals surface area contributed by atoms with Crippen molar-refractivity contribution >= 4 is 28.6 Å².